The third kappa shape index (κ3) is 3.31. The van der Waals surface area contributed by atoms with E-state index in [4.69, 9.17) is 11.6 Å². The second-order valence-corrected chi connectivity index (χ2v) is 7.34. The van der Waals surface area contributed by atoms with Crippen LogP contribution in [0.5, 0.6) is 0 Å². The average molecular weight is 321 g/mol. The van der Waals surface area contributed by atoms with E-state index in [9.17, 15) is 12.8 Å². The van der Waals surface area contributed by atoms with Gasteiger partial charge in [0.25, 0.3) is 0 Å². The fourth-order valence-corrected chi connectivity index (χ4v) is 4.05. The Labute approximate surface area is 124 Å². The van der Waals surface area contributed by atoms with Crippen LogP contribution in [0, 0.1) is 5.82 Å². The summed E-state index contributed by atoms with van der Waals surface area (Å²) in [5, 5.41) is 3.07. The van der Waals surface area contributed by atoms with Gasteiger partial charge in [0.15, 0.2) is 0 Å². The third-order valence-electron chi connectivity index (χ3n) is 3.63. The van der Waals surface area contributed by atoms with Crippen LogP contribution < -0.4 is 5.32 Å². The number of benzene rings is 1. The van der Waals surface area contributed by atoms with E-state index >= 15 is 0 Å². The second-order valence-electron chi connectivity index (χ2n) is 4.93. The first kappa shape index (κ1) is 15.7. The molecule has 1 unspecified atom stereocenters. The highest BCUT2D eigenvalue weighted by Gasteiger charge is 2.28. The van der Waals surface area contributed by atoms with Crippen LogP contribution in [0.25, 0.3) is 0 Å². The van der Waals surface area contributed by atoms with Crippen molar-refractivity contribution >= 4 is 21.6 Å². The van der Waals surface area contributed by atoms with Crippen molar-refractivity contribution in [3.05, 3.63) is 29.0 Å². The van der Waals surface area contributed by atoms with Crippen molar-refractivity contribution in [2.75, 3.05) is 20.1 Å². The van der Waals surface area contributed by atoms with Gasteiger partial charge in [0.1, 0.15) is 5.82 Å². The molecule has 1 saturated heterocycles. The Bertz CT molecular complexity index is 572. The fourth-order valence-electron chi connectivity index (χ4n) is 2.36. The number of halogens is 2. The minimum atomic E-state index is -3.64. The van der Waals surface area contributed by atoms with Gasteiger partial charge in [0.2, 0.25) is 10.0 Å². The molecule has 1 aromatic rings. The number of hydrogen-bond acceptors (Lipinski definition) is 3. The van der Waals surface area contributed by atoms with E-state index in [2.05, 4.69) is 5.32 Å². The van der Waals surface area contributed by atoms with Crippen LogP contribution in [0.3, 0.4) is 0 Å². The fraction of sp³-hybridized carbons (Fsp3) is 0.538. The second kappa shape index (κ2) is 6.39. The average Bonchev–Trinajstić information content (AvgIpc) is 2.69. The molecule has 0 spiro atoms. The SMILES string of the molecule is CN(C1CCCNCC1)S(=O)(=O)c1ccc(F)c(Cl)c1. The first-order chi connectivity index (χ1) is 9.43. The van der Waals surface area contributed by atoms with E-state index in [1.54, 1.807) is 7.05 Å². The van der Waals surface area contributed by atoms with Gasteiger partial charge in [0.05, 0.1) is 9.92 Å². The van der Waals surface area contributed by atoms with Crippen LogP contribution in [0.1, 0.15) is 19.3 Å². The molecule has 1 aliphatic heterocycles. The van der Waals surface area contributed by atoms with Crippen molar-refractivity contribution in [3.8, 4) is 0 Å². The largest absolute Gasteiger partial charge is 0.317 e. The normalized spacial score (nSPS) is 20.9. The summed E-state index contributed by atoms with van der Waals surface area (Å²) in [5.74, 6) is -0.619. The van der Waals surface area contributed by atoms with Gasteiger partial charge < -0.3 is 5.32 Å². The van der Waals surface area contributed by atoms with Gasteiger partial charge in [-0.2, -0.15) is 4.31 Å². The van der Waals surface area contributed by atoms with Gasteiger partial charge in [-0.05, 0) is 50.6 Å². The molecule has 7 heteroatoms. The zero-order valence-electron chi connectivity index (χ0n) is 11.3. The summed E-state index contributed by atoms with van der Waals surface area (Å²) in [6.07, 6.45) is 2.52. The topological polar surface area (TPSA) is 49.4 Å². The van der Waals surface area contributed by atoms with Gasteiger partial charge >= 0.3 is 0 Å². The highest BCUT2D eigenvalue weighted by molar-refractivity contribution is 7.89. The molecule has 0 amide bonds. The molecule has 2 rings (SSSR count). The Kier molecular flexibility index (Phi) is 5.01. The maximum atomic E-state index is 13.1. The summed E-state index contributed by atoms with van der Waals surface area (Å²) >= 11 is 5.67. The smallest absolute Gasteiger partial charge is 0.243 e. The summed E-state index contributed by atoms with van der Waals surface area (Å²) < 4.78 is 39.6. The zero-order chi connectivity index (χ0) is 14.8. The van der Waals surface area contributed by atoms with Crippen LogP contribution in [0.4, 0.5) is 4.39 Å². The molecule has 1 heterocycles. The molecule has 1 atom stereocenters. The number of rotatable bonds is 3. The molecular weight excluding hydrogens is 303 g/mol. The van der Waals surface area contributed by atoms with E-state index in [1.165, 1.54) is 10.4 Å². The van der Waals surface area contributed by atoms with Gasteiger partial charge in [-0.15, -0.1) is 0 Å². The molecule has 1 aromatic carbocycles. The zero-order valence-corrected chi connectivity index (χ0v) is 12.8. The molecule has 0 aromatic heterocycles. The molecule has 0 bridgehead atoms. The Morgan fingerprint density at radius 1 is 1.35 bits per heavy atom. The lowest BCUT2D eigenvalue weighted by molar-refractivity contribution is 0.341. The maximum Gasteiger partial charge on any atom is 0.243 e. The Balaban J connectivity index is 2.26. The van der Waals surface area contributed by atoms with E-state index in [1.807, 2.05) is 0 Å². The molecule has 0 radical (unpaired) electrons. The molecule has 4 nitrogen and oxygen atoms in total. The van der Waals surface area contributed by atoms with Crippen molar-refractivity contribution in [2.45, 2.75) is 30.2 Å². The highest BCUT2D eigenvalue weighted by Crippen LogP contribution is 2.24. The van der Waals surface area contributed by atoms with Gasteiger partial charge in [-0.3, -0.25) is 0 Å². The van der Waals surface area contributed by atoms with E-state index in [0.29, 0.717) is 0 Å². The standard InChI is InChI=1S/C13H18ClFN2O2S/c1-17(10-3-2-7-16-8-6-10)20(18,19)11-4-5-13(15)12(14)9-11/h4-5,9-10,16H,2-3,6-8H2,1H3. The van der Waals surface area contributed by atoms with Crippen molar-refractivity contribution in [1.82, 2.24) is 9.62 Å². The number of hydrogen-bond donors (Lipinski definition) is 1. The van der Waals surface area contributed by atoms with Gasteiger partial charge in [-0.25, -0.2) is 12.8 Å². The van der Waals surface area contributed by atoms with E-state index in [-0.39, 0.29) is 16.0 Å². The number of nitrogens with one attached hydrogen (secondary N) is 1. The first-order valence-corrected chi connectivity index (χ1v) is 8.38. The lowest BCUT2D eigenvalue weighted by Gasteiger charge is -2.26. The molecular formula is C13H18ClFN2O2S. The molecule has 112 valence electrons. The van der Waals surface area contributed by atoms with Gasteiger partial charge in [-0.1, -0.05) is 11.6 Å². The highest BCUT2D eigenvalue weighted by atomic mass is 35.5. The van der Waals surface area contributed by atoms with Gasteiger partial charge in [0, 0.05) is 13.1 Å². The Hall–Kier alpha value is -0.690. The molecule has 1 aliphatic rings. The van der Waals surface area contributed by atoms with Crippen molar-refractivity contribution < 1.29 is 12.8 Å². The van der Waals surface area contributed by atoms with E-state index < -0.39 is 15.8 Å². The quantitative estimate of drug-likeness (QED) is 0.929. The Morgan fingerprint density at radius 2 is 2.10 bits per heavy atom. The van der Waals surface area contributed by atoms with Crippen LogP contribution in [-0.4, -0.2) is 38.9 Å². The number of sulfonamides is 1. The monoisotopic (exact) mass is 320 g/mol. The number of nitrogens with zero attached hydrogens (tertiary/aromatic N) is 1. The summed E-state index contributed by atoms with van der Waals surface area (Å²) in [6, 6.07) is 3.45. The molecule has 20 heavy (non-hydrogen) atoms. The minimum absolute atomic E-state index is 0.0311. The van der Waals surface area contributed by atoms with Crippen LogP contribution in [0.2, 0.25) is 5.02 Å². The van der Waals surface area contributed by atoms with Crippen molar-refractivity contribution in [2.24, 2.45) is 0 Å². The predicted molar refractivity (Wildman–Crippen MR) is 76.9 cm³/mol. The van der Waals surface area contributed by atoms with Crippen LogP contribution >= 0.6 is 11.6 Å². The maximum absolute atomic E-state index is 13.1. The first-order valence-electron chi connectivity index (χ1n) is 6.57. The van der Waals surface area contributed by atoms with Crippen molar-refractivity contribution in [3.63, 3.8) is 0 Å². The molecule has 0 aliphatic carbocycles. The summed E-state index contributed by atoms with van der Waals surface area (Å²) in [4.78, 5) is 0.0311. The van der Waals surface area contributed by atoms with Crippen molar-refractivity contribution in [1.29, 1.82) is 0 Å². The lowest BCUT2D eigenvalue weighted by atomic mass is 10.1. The molecule has 1 fully saturated rings. The Morgan fingerprint density at radius 3 is 2.80 bits per heavy atom. The summed E-state index contributed by atoms with van der Waals surface area (Å²) in [6.45, 7) is 1.71. The molecule has 1 N–H and O–H groups in total. The lowest BCUT2D eigenvalue weighted by Crippen LogP contribution is -2.37. The summed E-state index contributed by atoms with van der Waals surface area (Å²) in [5.41, 5.74) is 0. The minimum Gasteiger partial charge on any atom is -0.317 e. The third-order valence-corrected chi connectivity index (χ3v) is 5.82. The predicted octanol–water partition coefficient (Wildman–Crippen LogP) is 2.24. The summed E-state index contributed by atoms with van der Waals surface area (Å²) in [7, 11) is -2.07. The van der Waals surface area contributed by atoms with E-state index in [0.717, 1.165) is 44.5 Å². The van der Waals surface area contributed by atoms with Crippen LogP contribution in [0.15, 0.2) is 23.1 Å². The van der Waals surface area contributed by atoms with Crippen LogP contribution in [-0.2, 0) is 10.0 Å². The molecule has 0 saturated carbocycles.